The Morgan fingerprint density at radius 3 is 2.46 bits per heavy atom. The van der Waals surface area contributed by atoms with Crippen LogP contribution < -0.4 is 5.73 Å². The van der Waals surface area contributed by atoms with Gasteiger partial charge < -0.3 is 5.73 Å². The van der Waals surface area contributed by atoms with E-state index in [0.717, 1.165) is 5.69 Å². The zero-order valence-electron chi connectivity index (χ0n) is 7.74. The van der Waals surface area contributed by atoms with E-state index in [0.29, 0.717) is 11.7 Å². The van der Waals surface area contributed by atoms with Crippen LogP contribution in [0.1, 0.15) is 43.7 Å². The van der Waals surface area contributed by atoms with Crippen molar-refractivity contribution in [2.75, 3.05) is 5.73 Å². The van der Waals surface area contributed by atoms with Gasteiger partial charge in [-0.05, 0) is 12.8 Å². The van der Waals surface area contributed by atoms with Crippen molar-refractivity contribution in [1.29, 1.82) is 0 Å². The average molecular weight is 177 g/mol. The smallest absolute Gasteiger partial charge is 0.141 e. The van der Waals surface area contributed by atoms with Crippen molar-refractivity contribution < 1.29 is 0 Å². The molecule has 1 fully saturated rings. The van der Waals surface area contributed by atoms with E-state index in [1.807, 2.05) is 6.20 Å². The van der Waals surface area contributed by atoms with Crippen LogP contribution in [0.25, 0.3) is 0 Å². The number of rotatable bonds is 1. The van der Waals surface area contributed by atoms with Crippen LogP contribution in [0.4, 0.5) is 5.82 Å². The van der Waals surface area contributed by atoms with Gasteiger partial charge in [-0.15, -0.1) is 0 Å². The molecule has 70 valence electrons. The zero-order chi connectivity index (χ0) is 9.10. The molecule has 0 radical (unpaired) electrons. The number of aromatic nitrogens is 2. The van der Waals surface area contributed by atoms with Crippen molar-refractivity contribution in [2.24, 2.45) is 0 Å². The van der Waals surface area contributed by atoms with Gasteiger partial charge in [-0.2, -0.15) is 0 Å². The van der Waals surface area contributed by atoms with E-state index in [-0.39, 0.29) is 0 Å². The molecule has 0 aliphatic heterocycles. The molecule has 1 aliphatic carbocycles. The topological polar surface area (TPSA) is 51.8 Å². The van der Waals surface area contributed by atoms with E-state index in [2.05, 4.69) is 9.97 Å². The molecule has 0 amide bonds. The Bertz CT molecular complexity index is 262. The largest absolute Gasteiger partial charge is 0.382 e. The van der Waals surface area contributed by atoms with Crippen molar-refractivity contribution in [3.05, 3.63) is 18.1 Å². The lowest BCUT2D eigenvalue weighted by atomic mass is 9.87. The highest BCUT2D eigenvalue weighted by atomic mass is 14.9. The third kappa shape index (κ3) is 1.97. The quantitative estimate of drug-likeness (QED) is 0.714. The predicted octanol–water partition coefficient (Wildman–Crippen LogP) is 2.11. The molecule has 2 N–H and O–H groups in total. The summed E-state index contributed by atoms with van der Waals surface area (Å²) < 4.78 is 0. The third-order valence-electron chi connectivity index (χ3n) is 2.72. The molecule has 0 spiro atoms. The molecule has 13 heavy (non-hydrogen) atoms. The highest BCUT2D eigenvalue weighted by Crippen LogP contribution is 2.30. The van der Waals surface area contributed by atoms with E-state index < -0.39 is 0 Å². The second-order valence-corrected chi connectivity index (χ2v) is 3.70. The number of hydrogen-bond acceptors (Lipinski definition) is 3. The summed E-state index contributed by atoms with van der Waals surface area (Å²) in [4.78, 5) is 8.38. The minimum absolute atomic E-state index is 0.513. The normalized spacial score (nSPS) is 18.8. The van der Waals surface area contributed by atoms with Crippen LogP contribution in [0.2, 0.25) is 0 Å². The van der Waals surface area contributed by atoms with Crippen molar-refractivity contribution >= 4 is 5.82 Å². The maximum atomic E-state index is 5.48. The summed E-state index contributed by atoms with van der Waals surface area (Å²) in [6.07, 6.45) is 10.0. The van der Waals surface area contributed by atoms with Crippen LogP contribution in [0.5, 0.6) is 0 Å². The molecule has 3 heteroatoms. The molecule has 3 nitrogen and oxygen atoms in total. The lowest BCUT2D eigenvalue weighted by Gasteiger charge is -2.20. The summed E-state index contributed by atoms with van der Waals surface area (Å²) in [5.41, 5.74) is 6.60. The molecule has 0 unspecified atom stereocenters. The third-order valence-corrected chi connectivity index (χ3v) is 2.72. The van der Waals surface area contributed by atoms with Gasteiger partial charge in [0.05, 0.1) is 18.1 Å². The molecular weight excluding hydrogens is 162 g/mol. The van der Waals surface area contributed by atoms with Gasteiger partial charge in [0.1, 0.15) is 5.82 Å². The summed E-state index contributed by atoms with van der Waals surface area (Å²) in [7, 11) is 0. The van der Waals surface area contributed by atoms with Crippen molar-refractivity contribution in [2.45, 2.75) is 38.0 Å². The van der Waals surface area contributed by atoms with E-state index in [1.54, 1.807) is 6.20 Å². The lowest BCUT2D eigenvalue weighted by Crippen LogP contribution is -2.07. The van der Waals surface area contributed by atoms with E-state index in [1.165, 1.54) is 32.1 Å². The highest BCUT2D eigenvalue weighted by molar-refractivity contribution is 5.23. The fourth-order valence-corrected chi connectivity index (χ4v) is 1.96. The maximum absolute atomic E-state index is 5.48. The monoisotopic (exact) mass is 177 g/mol. The first-order chi connectivity index (χ1) is 6.36. The fraction of sp³-hybridized carbons (Fsp3) is 0.600. The summed E-state index contributed by atoms with van der Waals surface area (Å²) in [5.74, 6) is 1.14. The van der Waals surface area contributed by atoms with Crippen LogP contribution in [0, 0.1) is 0 Å². The van der Waals surface area contributed by atoms with E-state index in [9.17, 15) is 0 Å². The first kappa shape index (κ1) is 8.48. The first-order valence-electron chi connectivity index (χ1n) is 4.93. The van der Waals surface area contributed by atoms with Gasteiger partial charge in [-0.3, -0.25) is 4.98 Å². The van der Waals surface area contributed by atoms with Gasteiger partial charge in [-0.1, -0.05) is 19.3 Å². The minimum atomic E-state index is 0.513. The number of anilines is 1. The summed E-state index contributed by atoms with van der Waals surface area (Å²) in [6, 6.07) is 0. The molecule has 2 rings (SSSR count). The second kappa shape index (κ2) is 3.73. The van der Waals surface area contributed by atoms with E-state index in [4.69, 9.17) is 5.73 Å². The zero-order valence-corrected chi connectivity index (χ0v) is 7.74. The van der Waals surface area contributed by atoms with Gasteiger partial charge in [0.15, 0.2) is 0 Å². The molecule has 1 aliphatic rings. The van der Waals surface area contributed by atoms with E-state index >= 15 is 0 Å². The summed E-state index contributed by atoms with van der Waals surface area (Å²) in [5, 5.41) is 0. The Kier molecular flexibility index (Phi) is 2.43. The standard InChI is InChI=1S/C10H15N3/c11-10-7-12-9(6-13-10)8-4-2-1-3-5-8/h6-8H,1-5H2,(H2,11,13). The predicted molar refractivity (Wildman–Crippen MR) is 52.3 cm³/mol. The van der Waals surface area contributed by atoms with Crippen LogP contribution in [-0.4, -0.2) is 9.97 Å². The molecule has 1 aromatic heterocycles. The van der Waals surface area contributed by atoms with Gasteiger partial charge in [0, 0.05) is 5.92 Å². The Labute approximate surface area is 78.4 Å². The SMILES string of the molecule is Nc1cnc(C2CCCCC2)cn1. The van der Waals surface area contributed by atoms with Gasteiger partial charge in [-0.25, -0.2) is 4.98 Å². The summed E-state index contributed by atoms with van der Waals surface area (Å²) >= 11 is 0. The molecule has 1 saturated carbocycles. The Morgan fingerprint density at radius 1 is 1.08 bits per heavy atom. The van der Waals surface area contributed by atoms with Gasteiger partial charge >= 0.3 is 0 Å². The molecule has 0 saturated heterocycles. The maximum Gasteiger partial charge on any atom is 0.141 e. The Morgan fingerprint density at radius 2 is 1.85 bits per heavy atom. The average Bonchev–Trinajstić information content (AvgIpc) is 2.20. The van der Waals surface area contributed by atoms with Gasteiger partial charge in [0.25, 0.3) is 0 Å². The van der Waals surface area contributed by atoms with Crippen LogP contribution in [-0.2, 0) is 0 Å². The molecular formula is C10H15N3. The minimum Gasteiger partial charge on any atom is -0.382 e. The number of nitrogen functional groups attached to an aromatic ring is 1. The van der Waals surface area contributed by atoms with Crippen molar-refractivity contribution in [1.82, 2.24) is 9.97 Å². The second-order valence-electron chi connectivity index (χ2n) is 3.70. The Balaban J connectivity index is 2.10. The van der Waals surface area contributed by atoms with Gasteiger partial charge in [0.2, 0.25) is 0 Å². The molecule has 1 aromatic rings. The molecule has 0 aromatic carbocycles. The Hall–Kier alpha value is -1.12. The summed E-state index contributed by atoms with van der Waals surface area (Å²) in [6.45, 7) is 0. The fourth-order valence-electron chi connectivity index (χ4n) is 1.96. The number of nitrogens with zero attached hydrogens (tertiary/aromatic N) is 2. The van der Waals surface area contributed by atoms with Crippen molar-refractivity contribution in [3.8, 4) is 0 Å². The molecule has 0 bridgehead atoms. The highest BCUT2D eigenvalue weighted by Gasteiger charge is 2.16. The van der Waals surface area contributed by atoms with Crippen LogP contribution in [0.3, 0.4) is 0 Å². The number of hydrogen-bond donors (Lipinski definition) is 1. The lowest BCUT2D eigenvalue weighted by molar-refractivity contribution is 0.436. The van der Waals surface area contributed by atoms with Crippen LogP contribution >= 0.6 is 0 Å². The number of nitrogens with two attached hydrogens (primary N) is 1. The first-order valence-corrected chi connectivity index (χ1v) is 4.93. The van der Waals surface area contributed by atoms with Crippen LogP contribution in [0.15, 0.2) is 12.4 Å². The molecule has 0 atom stereocenters. The van der Waals surface area contributed by atoms with Crippen molar-refractivity contribution in [3.63, 3.8) is 0 Å². The molecule has 1 heterocycles.